The second-order valence-corrected chi connectivity index (χ2v) is 8.82. The summed E-state index contributed by atoms with van der Waals surface area (Å²) in [5, 5.41) is 11.3. The number of likely N-dealkylation sites (tertiary alicyclic amines) is 1. The van der Waals surface area contributed by atoms with Gasteiger partial charge in [0.05, 0.1) is 17.7 Å². The minimum absolute atomic E-state index is 0.0107. The van der Waals surface area contributed by atoms with Crippen molar-refractivity contribution >= 4 is 17.4 Å². The highest BCUT2D eigenvalue weighted by Crippen LogP contribution is 2.43. The number of ether oxygens (including phenoxy) is 3. The predicted octanol–water partition coefficient (Wildman–Crippen LogP) is 3.97. The molecule has 1 unspecified atom stereocenters. The fraction of sp³-hybridized carbons (Fsp3) is 0.407. The maximum absolute atomic E-state index is 13.2. The summed E-state index contributed by atoms with van der Waals surface area (Å²) in [6, 6.07) is 11.5. The third kappa shape index (κ3) is 4.98. The topological polar surface area (TPSA) is 88.5 Å². The van der Waals surface area contributed by atoms with Gasteiger partial charge in [-0.1, -0.05) is 19.9 Å². The van der Waals surface area contributed by atoms with E-state index in [9.17, 15) is 14.7 Å². The van der Waals surface area contributed by atoms with Gasteiger partial charge in [-0.15, -0.1) is 0 Å². The number of carbonyl (C=O) groups excluding carboxylic acids is 2. The monoisotopic (exact) mass is 480 g/mol. The van der Waals surface area contributed by atoms with Crippen molar-refractivity contribution in [1.29, 1.82) is 0 Å². The Morgan fingerprint density at radius 1 is 1.09 bits per heavy atom. The molecule has 1 N–H and O–H groups in total. The van der Waals surface area contributed by atoms with Gasteiger partial charge in [-0.05, 0) is 68.9 Å². The van der Waals surface area contributed by atoms with Crippen LogP contribution in [0.5, 0.6) is 17.2 Å². The van der Waals surface area contributed by atoms with Gasteiger partial charge in [0.15, 0.2) is 11.5 Å². The van der Waals surface area contributed by atoms with Gasteiger partial charge < -0.3 is 29.1 Å². The first-order chi connectivity index (χ1) is 16.8. The molecule has 2 aliphatic rings. The van der Waals surface area contributed by atoms with Gasteiger partial charge in [0, 0.05) is 18.7 Å². The zero-order valence-corrected chi connectivity index (χ0v) is 20.6. The van der Waals surface area contributed by atoms with Crippen LogP contribution in [0.3, 0.4) is 0 Å². The fourth-order valence-corrected chi connectivity index (χ4v) is 4.45. The van der Waals surface area contributed by atoms with E-state index in [2.05, 4.69) is 18.7 Å². The van der Waals surface area contributed by atoms with Crippen molar-refractivity contribution in [2.75, 3.05) is 33.0 Å². The quantitative estimate of drug-likeness (QED) is 0.330. The Morgan fingerprint density at radius 3 is 2.43 bits per heavy atom. The molecule has 1 saturated heterocycles. The van der Waals surface area contributed by atoms with E-state index in [-0.39, 0.29) is 24.2 Å². The van der Waals surface area contributed by atoms with Gasteiger partial charge in [0.1, 0.15) is 11.5 Å². The molecule has 1 atom stereocenters. The lowest BCUT2D eigenvalue weighted by Gasteiger charge is -2.28. The number of carbonyl (C=O) groups is 2. The van der Waals surface area contributed by atoms with Crippen LogP contribution in [0, 0.1) is 0 Å². The van der Waals surface area contributed by atoms with Crippen molar-refractivity contribution in [2.24, 2.45) is 0 Å². The number of benzene rings is 2. The van der Waals surface area contributed by atoms with Gasteiger partial charge in [-0.3, -0.25) is 9.59 Å². The molecule has 4 rings (SSSR count). The molecule has 0 saturated carbocycles. The number of ketones is 1. The largest absolute Gasteiger partial charge is 0.507 e. The van der Waals surface area contributed by atoms with Crippen LogP contribution in [-0.4, -0.2) is 65.7 Å². The third-order valence-corrected chi connectivity index (χ3v) is 6.30. The first kappa shape index (κ1) is 24.6. The van der Waals surface area contributed by atoms with Crippen molar-refractivity contribution in [3.8, 4) is 17.2 Å². The molecule has 186 valence electrons. The first-order valence-electron chi connectivity index (χ1n) is 12.0. The Morgan fingerprint density at radius 2 is 1.77 bits per heavy atom. The van der Waals surface area contributed by atoms with Gasteiger partial charge in [-0.2, -0.15) is 0 Å². The Hall–Kier alpha value is -3.52. The zero-order valence-electron chi connectivity index (χ0n) is 20.6. The summed E-state index contributed by atoms with van der Waals surface area (Å²) < 4.78 is 16.6. The van der Waals surface area contributed by atoms with Crippen molar-refractivity contribution in [3.05, 3.63) is 59.2 Å². The number of fused-ring (bicyclic) bond motifs is 1. The predicted molar refractivity (Wildman–Crippen MR) is 132 cm³/mol. The summed E-state index contributed by atoms with van der Waals surface area (Å²) in [5.74, 6) is 0.269. The number of rotatable bonds is 9. The summed E-state index contributed by atoms with van der Waals surface area (Å²) in [5.41, 5.74) is 1.17. The number of hydrogen-bond donors (Lipinski definition) is 1. The van der Waals surface area contributed by atoms with E-state index >= 15 is 0 Å². The molecule has 1 amide bonds. The Kier molecular flexibility index (Phi) is 7.31. The van der Waals surface area contributed by atoms with Crippen LogP contribution in [0.25, 0.3) is 5.76 Å². The van der Waals surface area contributed by atoms with E-state index in [0.717, 1.165) is 13.1 Å². The molecular weight excluding hydrogens is 448 g/mol. The van der Waals surface area contributed by atoms with Gasteiger partial charge in [0.2, 0.25) is 6.79 Å². The standard InChI is InChI=1S/C27H32N2O6/c1-5-28(6-2)13-14-29-24(19-9-12-21-22(15-19)34-16-33-21)23(26(31)27(29)32)25(30)18-7-10-20(11-8-18)35-17(3)4/h7-12,15,17,24,30H,5-6,13-14,16H2,1-4H3/b25-23+. The molecule has 0 radical (unpaired) electrons. The highest BCUT2D eigenvalue weighted by molar-refractivity contribution is 6.46. The van der Waals surface area contributed by atoms with Crippen LogP contribution in [0.1, 0.15) is 44.9 Å². The Bertz CT molecular complexity index is 1120. The lowest BCUT2D eigenvalue weighted by molar-refractivity contribution is -0.140. The average molecular weight is 481 g/mol. The van der Waals surface area contributed by atoms with Crippen molar-refractivity contribution in [1.82, 2.24) is 9.80 Å². The summed E-state index contributed by atoms with van der Waals surface area (Å²) in [6.45, 7) is 10.7. The Labute approximate surface area is 205 Å². The molecule has 0 aromatic heterocycles. The molecule has 0 spiro atoms. The van der Waals surface area contributed by atoms with Gasteiger partial charge in [0.25, 0.3) is 11.7 Å². The Balaban J connectivity index is 1.76. The van der Waals surface area contributed by atoms with Crippen LogP contribution in [0.15, 0.2) is 48.0 Å². The van der Waals surface area contributed by atoms with Crippen LogP contribution in [0.4, 0.5) is 0 Å². The summed E-state index contributed by atoms with van der Waals surface area (Å²) >= 11 is 0. The van der Waals surface area contributed by atoms with Crippen molar-refractivity contribution in [2.45, 2.75) is 39.8 Å². The number of nitrogens with zero attached hydrogens (tertiary/aromatic N) is 2. The minimum atomic E-state index is -0.744. The molecule has 2 aromatic carbocycles. The van der Waals surface area contributed by atoms with Crippen molar-refractivity contribution in [3.63, 3.8) is 0 Å². The molecule has 0 bridgehead atoms. The number of aliphatic hydroxyl groups is 1. The zero-order chi connectivity index (χ0) is 25.1. The van der Waals surface area contributed by atoms with Crippen LogP contribution >= 0.6 is 0 Å². The number of likely N-dealkylation sites (N-methyl/N-ethyl adjacent to an activating group) is 1. The van der Waals surface area contributed by atoms with E-state index in [0.29, 0.717) is 41.5 Å². The van der Waals surface area contributed by atoms with E-state index in [1.54, 1.807) is 47.4 Å². The molecule has 8 heteroatoms. The number of hydrogen-bond acceptors (Lipinski definition) is 7. The first-order valence-corrected chi connectivity index (χ1v) is 12.0. The van der Waals surface area contributed by atoms with Crippen LogP contribution in [0.2, 0.25) is 0 Å². The second kappa shape index (κ2) is 10.4. The maximum Gasteiger partial charge on any atom is 0.295 e. The molecule has 35 heavy (non-hydrogen) atoms. The van der Waals surface area contributed by atoms with Crippen molar-refractivity contribution < 1.29 is 28.9 Å². The summed E-state index contributed by atoms with van der Waals surface area (Å²) in [6.07, 6.45) is 0.0107. The number of amides is 1. The van der Waals surface area contributed by atoms with Crippen LogP contribution in [-0.2, 0) is 9.59 Å². The van der Waals surface area contributed by atoms with E-state index < -0.39 is 17.7 Å². The van der Waals surface area contributed by atoms with E-state index in [4.69, 9.17) is 14.2 Å². The fourth-order valence-electron chi connectivity index (χ4n) is 4.45. The molecular formula is C27H32N2O6. The lowest BCUT2D eigenvalue weighted by atomic mass is 9.95. The molecule has 0 aliphatic carbocycles. The molecule has 8 nitrogen and oxygen atoms in total. The normalized spacial score (nSPS) is 18.7. The lowest BCUT2D eigenvalue weighted by Crippen LogP contribution is -2.38. The third-order valence-electron chi connectivity index (χ3n) is 6.30. The maximum atomic E-state index is 13.2. The SMILES string of the molecule is CCN(CC)CCN1C(=O)C(=O)/C(=C(/O)c2ccc(OC(C)C)cc2)C1c1ccc2c(c1)OCO2. The molecule has 2 heterocycles. The van der Waals surface area contributed by atoms with E-state index in [1.165, 1.54) is 0 Å². The summed E-state index contributed by atoms with van der Waals surface area (Å²) in [4.78, 5) is 30.1. The second-order valence-electron chi connectivity index (χ2n) is 8.82. The van der Waals surface area contributed by atoms with E-state index in [1.807, 2.05) is 13.8 Å². The van der Waals surface area contributed by atoms with Gasteiger partial charge >= 0.3 is 0 Å². The minimum Gasteiger partial charge on any atom is -0.507 e. The van der Waals surface area contributed by atoms with Gasteiger partial charge in [-0.25, -0.2) is 0 Å². The highest BCUT2D eigenvalue weighted by Gasteiger charge is 2.46. The number of Topliss-reactive ketones (excluding diaryl/α,β-unsaturated/α-hetero) is 1. The highest BCUT2D eigenvalue weighted by atomic mass is 16.7. The smallest absolute Gasteiger partial charge is 0.295 e. The number of aliphatic hydroxyl groups excluding tert-OH is 1. The molecule has 1 fully saturated rings. The summed E-state index contributed by atoms with van der Waals surface area (Å²) in [7, 11) is 0. The molecule has 2 aliphatic heterocycles. The molecule has 2 aromatic rings. The average Bonchev–Trinajstić information content (AvgIpc) is 3.41. The van der Waals surface area contributed by atoms with Crippen LogP contribution < -0.4 is 14.2 Å².